The van der Waals surface area contributed by atoms with Crippen LogP contribution in [0.1, 0.15) is 16.1 Å². The number of nitrogens with one attached hydrogen (secondary N) is 2. The summed E-state index contributed by atoms with van der Waals surface area (Å²) in [5.41, 5.74) is 3.80. The molecule has 4 N–H and O–H groups in total. The van der Waals surface area contributed by atoms with Crippen molar-refractivity contribution >= 4 is 52.2 Å². The van der Waals surface area contributed by atoms with Gasteiger partial charge in [-0.3, -0.25) is 4.79 Å². The van der Waals surface area contributed by atoms with Crippen molar-refractivity contribution in [2.75, 3.05) is 10.7 Å². The van der Waals surface area contributed by atoms with Crippen molar-refractivity contribution in [1.82, 2.24) is 4.98 Å². The first-order valence-electron chi connectivity index (χ1n) is 5.82. The summed E-state index contributed by atoms with van der Waals surface area (Å²) in [4.78, 5) is 16.3. The molecule has 5 nitrogen and oxygen atoms in total. The van der Waals surface area contributed by atoms with Crippen molar-refractivity contribution < 1.29 is 4.79 Å². The number of nitrogens with two attached hydrogens (primary N) is 1. The minimum atomic E-state index is -0.364. The summed E-state index contributed by atoms with van der Waals surface area (Å²) >= 11 is 17.8. The van der Waals surface area contributed by atoms with Crippen LogP contribution in [-0.4, -0.2) is 10.9 Å². The van der Waals surface area contributed by atoms with E-state index in [-0.39, 0.29) is 5.91 Å². The maximum atomic E-state index is 12.2. The Hall–Kier alpha value is -1.53. The van der Waals surface area contributed by atoms with Gasteiger partial charge in [-0.15, -0.1) is 0 Å². The summed E-state index contributed by atoms with van der Waals surface area (Å²) in [5.74, 6) is 5.33. The van der Waals surface area contributed by atoms with E-state index in [1.54, 1.807) is 13.0 Å². The SMILES string of the molecule is Cc1cc(C(=O)Nc2cc(Cl)c(Cl)cc2Cl)cc(NN)n1. The number of hydrazine groups is 1. The molecule has 0 saturated heterocycles. The van der Waals surface area contributed by atoms with Gasteiger partial charge in [-0.1, -0.05) is 34.8 Å². The highest BCUT2D eigenvalue weighted by Gasteiger charge is 2.12. The Morgan fingerprint density at radius 3 is 2.43 bits per heavy atom. The van der Waals surface area contributed by atoms with Crippen molar-refractivity contribution in [2.24, 2.45) is 5.84 Å². The number of aryl methyl sites for hydroxylation is 1. The van der Waals surface area contributed by atoms with Gasteiger partial charge in [-0.25, -0.2) is 10.8 Å². The Bertz CT molecular complexity index is 706. The van der Waals surface area contributed by atoms with Crippen LogP contribution in [0.2, 0.25) is 15.1 Å². The maximum absolute atomic E-state index is 12.2. The minimum Gasteiger partial charge on any atom is -0.321 e. The fraction of sp³-hybridized carbons (Fsp3) is 0.0769. The number of anilines is 2. The molecule has 8 heteroatoms. The molecule has 0 aliphatic carbocycles. The number of halogens is 3. The lowest BCUT2D eigenvalue weighted by atomic mass is 10.2. The quantitative estimate of drug-likeness (QED) is 0.448. The Morgan fingerprint density at radius 2 is 1.76 bits per heavy atom. The van der Waals surface area contributed by atoms with Crippen LogP contribution in [0.3, 0.4) is 0 Å². The molecule has 0 unspecified atom stereocenters. The summed E-state index contributed by atoms with van der Waals surface area (Å²) < 4.78 is 0. The van der Waals surface area contributed by atoms with Gasteiger partial charge >= 0.3 is 0 Å². The van der Waals surface area contributed by atoms with E-state index in [2.05, 4.69) is 15.7 Å². The second-order valence-electron chi connectivity index (χ2n) is 4.23. The molecule has 21 heavy (non-hydrogen) atoms. The van der Waals surface area contributed by atoms with Crippen molar-refractivity contribution in [3.63, 3.8) is 0 Å². The molecule has 0 atom stereocenters. The molecule has 2 aromatic rings. The predicted octanol–water partition coefficient (Wildman–Crippen LogP) is 3.89. The van der Waals surface area contributed by atoms with E-state index in [4.69, 9.17) is 40.6 Å². The summed E-state index contributed by atoms with van der Waals surface area (Å²) in [6.07, 6.45) is 0. The van der Waals surface area contributed by atoms with Gasteiger partial charge in [0, 0.05) is 11.3 Å². The van der Waals surface area contributed by atoms with Gasteiger partial charge < -0.3 is 10.7 Å². The molecule has 0 fully saturated rings. The van der Waals surface area contributed by atoms with Gasteiger partial charge in [0.2, 0.25) is 0 Å². The van der Waals surface area contributed by atoms with E-state index in [9.17, 15) is 4.79 Å². The molecular formula is C13H11Cl3N4O. The third kappa shape index (κ3) is 3.77. The fourth-order valence-corrected chi connectivity index (χ4v) is 2.28. The first kappa shape index (κ1) is 15.9. The number of pyridine rings is 1. The Labute approximate surface area is 136 Å². The van der Waals surface area contributed by atoms with E-state index in [0.717, 1.165) is 0 Å². The lowest BCUT2D eigenvalue weighted by Crippen LogP contribution is -2.15. The molecule has 2 rings (SSSR count). The number of hydrogen-bond donors (Lipinski definition) is 3. The third-order valence-corrected chi connectivity index (χ3v) is 3.66. The minimum absolute atomic E-state index is 0.292. The molecule has 1 aromatic carbocycles. The largest absolute Gasteiger partial charge is 0.321 e. The van der Waals surface area contributed by atoms with Crippen LogP contribution in [0.25, 0.3) is 0 Å². The maximum Gasteiger partial charge on any atom is 0.255 e. The zero-order valence-electron chi connectivity index (χ0n) is 10.9. The van der Waals surface area contributed by atoms with Crippen LogP contribution in [0, 0.1) is 6.92 Å². The first-order chi connectivity index (χ1) is 9.90. The number of nitrogens with zero attached hydrogens (tertiary/aromatic N) is 1. The molecule has 0 saturated carbocycles. The summed E-state index contributed by atoms with van der Waals surface area (Å²) in [5, 5.41) is 3.57. The molecular weight excluding hydrogens is 335 g/mol. The monoisotopic (exact) mass is 344 g/mol. The Kier molecular flexibility index (Phi) is 4.90. The highest BCUT2D eigenvalue weighted by atomic mass is 35.5. The second-order valence-corrected chi connectivity index (χ2v) is 5.45. The van der Waals surface area contributed by atoms with Gasteiger partial charge in [0.05, 0.1) is 20.8 Å². The van der Waals surface area contributed by atoms with Crippen molar-refractivity contribution in [3.8, 4) is 0 Å². The van der Waals surface area contributed by atoms with Crippen LogP contribution in [0.5, 0.6) is 0 Å². The van der Waals surface area contributed by atoms with Crippen LogP contribution < -0.4 is 16.6 Å². The van der Waals surface area contributed by atoms with E-state index in [1.165, 1.54) is 18.2 Å². The van der Waals surface area contributed by atoms with Gasteiger partial charge in [0.1, 0.15) is 5.82 Å². The van der Waals surface area contributed by atoms with E-state index < -0.39 is 0 Å². The smallest absolute Gasteiger partial charge is 0.255 e. The average Bonchev–Trinajstić information content (AvgIpc) is 2.43. The van der Waals surface area contributed by atoms with Gasteiger partial charge in [-0.05, 0) is 31.2 Å². The number of amides is 1. The van der Waals surface area contributed by atoms with Crippen molar-refractivity contribution in [3.05, 3.63) is 50.6 Å². The number of carbonyl (C=O) groups excluding carboxylic acids is 1. The molecule has 0 aliphatic rings. The summed E-state index contributed by atoms with van der Waals surface area (Å²) in [7, 11) is 0. The first-order valence-corrected chi connectivity index (χ1v) is 6.95. The molecule has 0 aliphatic heterocycles. The molecule has 110 valence electrons. The summed E-state index contributed by atoms with van der Waals surface area (Å²) in [6.45, 7) is 1.75. The highest BCUT2D eigenvalue weighted by molar-refractivity contribution is 6.44. The molecule has 0 spiro atoms. The lowest BCUT2D eigenvalue weighted by Gasteiger charge is -2.10. The zero-order valence-corrected chi connectivity index (χ0v) is 13.1. The Balaban J connectivity index is 2.30. The van der Waals surface area contributed by atoms with Gasteiger partial charge in [0.25, 0.3) is 5.91 Å². The highest BCUT2D eigenvalue weighted by Crippen LogP contribution is 2.32. The van der Waals surface area contributed by atoms with Gasteiger partial charge in [-0.2, -0.15) is 0 Å². The molecule has 0 radical (unpaired) electrons. The standard InChI is InChI=1S/C13H11Cl3N4O/c1-6-2-7(3-12(18-6)20-17)13(21)19-11-5-9(15)8(14)4-10(11)16/h2-5H,17H2,1H3,(H,18,20)(H,19,21). The van der Waals surface area contributed by atoms with E-state index in [1.807, 2.05) is 0 Å². The molecule has 0 bridgehead atoms. The van der Waals surface area contributed by atoms with Crippen LogP contribution >= 0.6 is 34.8 Å². The number of aromatic nitrogens is 1. The number of rotatable bonds is 3. The van der Waals surface area contributed by atoms with Crippen molar-refractivity contribution in [1.29, 1.82) is 0 Å². The Morgan fingerprint density at radius 1 is 1.10 bits per heavy atom. The average molecular weight is 346 g/mol. The second kappa shape index (κ2) is 6.49. The molecule has 1 heterocycles. The third-order valence-electron chi connectivity index (χ3n) is 2.62. The van der Waals surface area contributed by atoms with Crippen molar-refractivity contribution in [2.45, 2.75) is 6.92 Å². The topological polar surface area (TPSA) is 80.0 Å². The lowest BCUT2D eigenvalue weighted by molar-refractivity contribution is 0.102. The number of benzene rings is 1. The predicted molar refractivity (Wildman–Crippen MR) is 86.2 cm³/mol. The normalized spacial score (nSPS) is 10.3. The van der Waals surface area contributed by atoms with Gasteiger partial charge in [0.15, 0.2) is 0 Å². The summed E-state index contributed by atoms with van der Waals surface area (Å²) in [6, 6.07) is 6.10. The number of hydrogen-bond acceptors (Lipinski definition) is 4. The van der Waals surface area contributed by atoms with E-state index >= 15 is 0 Å². The zero-order chi connectivity index (χ0) is 15.6. The number of nitrogen functional groups attached to an aromatic ring is 1. The van der Waals surface area contributed by atoms with Crippen LogP contribution in [0.4, 0.5) is 11.5 Å². The van der Waals surface area contributed by atoms with Crippen LogP contribution in [0.15, 0.2) is 24.3 Å². The molecule has 1 amide bonds. The molecule has 1 aromatic heterocycles. The van der Waals surface area contributed by atoms with E-state index in [0.29, 0.717) is 37.8 Å². The fourth-order valence-electron chi connectivity index (χ4n) is 1.69. The van der Waals surface area contributed by atoms with Crippen LogP contribution in [-0.2, 0) is 0 Å². The number of carbonyl (C=O) groups is 1.